The normalized spacial score (nSPS) is 38.0. The van der Waals surface area contributed by atoms with E-state index in [0.717, 1.165) is 29.6 Å². The number of aliphatic hydroxyl groups is 4. The summed E-state index contributed by atoms with van der Waals surface area (Å²) < 4.78 is 31.3. The van der Waals surface area contributed by atoms with Crippen LogP contribution < -0.4 is 0 Å². The molecule has 1 saturated carbocycles. The average molecular weight is 712 g/mol. The predicted octanol–water partition coefficient (Wildman–Crippen LogP) is 5.66. The molecule has 1 heterocycles. The summed E-state index contributed by atoms with van der Waals surface area (Å²) >= 11 is 0. The summed E-state index contributed by atoms with van der Waals surface area (Å²) in [6.07, 6.45) is -3.05. The van der Waals surface area contributed by atoms with Gasteiger partial charge >= 0.3 is 0 Å². The lowest BCUT2D eigenvalue weighted by Gasteiger charge is -2.47. The molecule has 0 unspecified atom stereocenters. The molecule has 0 radical (unpaired) electrons. The minimum atomic E-state index is -1.60. The van der Waals surface area contributed by atoms with Crippen molar-refractivity contribution in [2.24, 2.45) is 34.2 Å². The summed E-state index contributed by atoms with van der Waals surface area (Å²) in [6.45, 7) is 16.5. The zero-order valence-electron chi connectivity index (χ0n) is 31.0. The van der Waals surface area contributed by atoms with Gasteiger partial charge in [0.2, 0.25) is 0 Å². The molecule has 0 bridgehead atoms. The first kappa shape index (κ1) is 39.6. The molecule has 3 aliphatic carbocycles. The second-order valence-electron chi connectivity index (χ2n) is 15.7. The standard InChI is InChI=1S/C39H57N3O9/c1-9-38(5,6)49-20-29-33(44)34(45)35(46)37(50-29)51-36-31-26(21(2)3)16-30(48-19-24-12-10-11-13-28(24)41-42-40)39(31,7)17-27-23(18-47-8)14-15-25(27)22(4)32(36)43/h9-13,17,21-23,25,29-30,32-37,43-46H,1,14-16,18-20H2,2-8H3/b27-17-/t22-,23-,25+,29-,30+,32-,33-,34+,35-,36-,37-,39+/m1/s1. The first-order chi connectivity index (χ1) is 24.2. The molecule has 282 valence electrons. The first-order valence-corrected chi connectivity index (χ1v) is 18.2. The van der Waals surface area contributed by atoms with Crippen LogP contribution in [0.4, 0.5) is 5.69 Å². The van der Waals surface area contributed by atoms with Crippen molar-refractivity contribution in [3.05, 3.63) is 75.7 Å². The van der Waals surface area contributed by atoms with Crippen LogP contribution in [0, 0.1) is 29.1 Å². The summed E-state index contributed by atoms with van der Waals surface area (Å²) in [5.74, 6) is 0.0511. The molecule has 1 aliphatic heterocycles. The van der Waals surface area contributed by atoms with Crippen LogP contribution in [0.3, 0.4) is 0 Å². The number of ether oxygens (including phenoxy) is 5. The SMILES string of the molecule is C=CC(C)(C)OC[C@H]1O[C@H](O[C@@H]2C3=C(C(C)C)C[C@H](OCc4ccccc4N=[N+]=[N-])[C@]3(C)/C=C3/[C@@H](COC)CC[C@H]3[C@@H](C)[C@H]2O)[C@H](O)[C@@H](O)[C@@H]1O. The van der Waals surface area contributed by atoms with Crippen LogP contribution in [0.5, 0.6) is 0 Å². The quantitative estimate of drug-likeness (QED) is 0.0871. The smallest absolute Gasteiger partial charge is 0.187 e. The Kier molecular flexibility index (Phi) is 12.6. The highest BCUT2D eigenvalue weighted by Gasteiger charge is 2.56. The van der Waals surface area contributed by atoms with Crippen molar-refractivity contribution in [3.63, 3.8) is 0 Å². The second-order valence-corrected chi connectivity index (χ2v) is 15.7. The fourth-order valence-electron chi connectivity index (χ4n) is 8.48. The molecular weight excluding hydrogens is 654 g/mol. The van der Waals surface area contributed by atoms with E-state index in [0.29, 0.717) is 18.7 Å². The van der Waals surface area contributed by atoms with Gasteiger partial charge in [0.1, 0.15) is 30.5 Å². The molecule has 12 heteroatoms. The van der Waals surface area contributed by atoms with Crippen LogP contribution in [-0.2, 0) is 30.3 Å². The molecule has 5 rings (SSSR count). The molecule has 12 atom stereocenters. The number of azide groups is 1. The van der Waals surface area contributed by atoms with Gasteiger partial charge in [-0.2, -0.15) is 0 Å². The molecule has 0 spiro atoms. The van der Waals surface area contributed by atoms with Crippen molar-refractivity contribution in [2.45, 2.75) is 122 Å². The van der Waals surface area contributed by atoms with E-state index in [-0.39, 0.29) is 43.0 Å². The molecule has 2 fully saturated rings. The highest BCUT2D eigenvalue weighted by molar-refractivity contribution is 5.46. The maximum Gasteiger partial charge on any atom is 0.187 e. The summed E-state index contributed by atoms with van der Waals surface area (Å²) in [5, 5.41) is 49.4. The Bertz CT molecular complexity index is 1510. The molecule has 0 amide bonds. The Morgan fingerprint density at radius 3 is 2.49 bits per heavy atom. The van der Waals surface area contributed by atoms with Crippen molar-refractivity contribution in [3.8, 4) is 0 Å². The summed E-state index contributed by atoms with van der Waals surface area (Å²) in [5.41, 5.74) is 12.1. The second kappa shape index (κ2) is 16.2. The minimum Gasteiger partial charge on any atom is -0.390 e. The molecule has 1 aromatic carbocycles. The lowest BCUT2D eigenvalue weighted by atomic mass is 9.68. The van der Waals surface area contributed by atoms with Crippen molar-refractivity contribution < 1.29 is 44.1 Å². The van der Waals surface area contributed by atoms with Crippen LogP contribution in [0.25, 0.3) is 10.4 Å². The zero-order valence-corrected chi connectivity index (χ0v) is 31.0. The van der Waals surface area contributed by atoms with Gasteiger partial charge in [0, 0.05) is 29.0 Å². The van der Waals surface area contributed by atoms with Crippen LogP contribution in [-0.4, -0.2) is 95.4 Å². The Hall–Kier alpha value is -2.61. The van der Waals surface area contributed by atoms with E-state index in [4.69, 9.17) is 29.2 Å². The number of nitrogens with zero attached hydrogens (tertiary/aromatic N) is 3. The molecule has 12 nitrogen and oxygen atoms in total. The van der Waals surface area contributed by atoms with Crippen LogP contribution in [0.15, 0.2) is 64.8 Å². The Balaban J connectivity index is 1.57. The third-order valence-electron chi connectivity index (χ3n) is 11.7. The lowest BCUT2D eigenvalue weighted by Crippen LogP contribution is -2.61. The predicted molar refractivity (Wildman–Crippen MR) is 192 cm³/mol. The fourth-order valence-corrected chi connectivity index (χ4v) is 8.48. The van der Waals surface area contributed by atoms with E-state index < -0.39 is 53.9 Å². The molecular formula is C39H57N3O9. The first-order valence-electron chi connectivity index (χ1n) is 18.2. The maximum atomic E-state index is 12.4. The Labute approximate surface area is 301 Å². The van der Waals surface area contributed by atoms with E-state index in [1.54, 1.807) is 19.3 Å². The number of hydrogen-bond acceptors (Lipinski definition) is 10. The summed E-state index contributed by atoms with van der Waals surface area (Å²) in [6, 6.07) is 7.33. The number of aliphatic hydroxyl groups excluding tert-OH is 4. The van der Waals surface area contributed by atoms with Gasteiger partial charge in [-0.3, -0.25) is 0 Å². The highest BCUT2D eigenvalue weighted by atomic mass is 16.7. The van der Waals surface area contributed by atoms with Gasteiger partial charge in [-0.15, -0.1) is 6.58 Å². The van der Waals surface area contributed by atoms with Gasteiger partial charge in [0.15, 0.2) is 6.29 Å². The van der Waals surface area contributed by atoms with E-state index >= 15 is 0 Å². The van der Waals surface area contributed by atoms with E-state index in [9.17, 15) is 20.4 Å². The average Bonchev–Trinajstić information content (AvgIpc) is 3.62. The molecule has 1 saturated heterocycles. The van der Waals surface area contributed by atoms with Gasteiger partial charge in [0.05, 0.1) is 37.6 Å². The van der Waals surface area contributed by atoms with Gasteiger partial charge in [-0.1, -0.05) is 73.4 Å². The minimum absolute atomic E-state index is 0.0472. The number of fused-ring (bicyclic) bond motifs is 2. The molecule has 4 N–H and O–H groups in total. The number of hydrogen-bond donors (Lipinski definition) is 4. The number of rotatable bonds is 13. The third-order valence-corrected chi connectivity index (χ3v) is 11.7. The van der Waals surface area contributed by atoms with Gasteiger partial charge in [-0.25, -0.2) is 0 Å². The van der Waals surface area contributed by atoms with Crippen molar-refractivity contribution in [2.75, 3.05) is 20.3 Å². The molecule has 4 aliphatic rings. The molecule has 0 aromatic heterocycles. The topological polar surface area (TPSA) is 176 Å². The van der Waals surface area contributed by atoms with Crippen LogP contribution in [0.2, 0.25) is 0 Å². The van der Waals surface area contributed by atoms with Crippen molar-refractivity contribution in [1.29, 1.82) is 0 Å². The number of benzene rings is 1. The van der Waals surface area contributed by atoms with Gasteiger partial charge < -0.3 is 44.1 Å². The van der Waals surface area contributed by atoms with E-state index in [1.165, 1.54) is 5.57 Å². The Morgan fingerprint density at radius 2 is 1.82 bits per heavy atom. The summed E-state index contributed by atoms with van der Waals surface area (Å²) in [4.78, 5) is 2.99. The zero-order chi connectivity index (χ0) is 37.2. The maximum absolute atomic E-state index is 12.4. The van der Waals surface area contributed by atoms with Crippen LogP contribution in [0.1, 0.15) is 66.4 Å². The van der Waals surface area contributed by atoms with E-state index in [1.807, 2.05) is 39.0 Å². The van der Waals surface area contributed by atoms with Crippen LogP contribution >= 0.6 is 0 Å². The van der Waals surface area contributed by atoms with Gasteiger partial charge in [-0.05, 0) is 74.5 Å². The summed E-state index contributed by atoms with van der Waals surface area (Å²) in [7, 11) is 1.71. The van der Waals surface area contributed by atoms with Crippen molar-refractivity contribution in [1.82, 2.24) is 0 Å². The molecule has 51 heavy (non-hydrogen) atoms. The lowest BCUT2D eigenvalue weighted by molar-refractivity contribution is -0.319. The largest absolute Gasteiger partial charge is 0.390 e. The number of methoxy groups -OCH3 is 1. The Morgan fingerprint density at radius 1 is 1.10 bits per heavy atom. The third kappa shape index (κ3) is 8.01. The monoisotopic (exact) mass is 711 g/mol. The van der Waals surface area contributed by atoms with Gasteiger partial charge in [0.25, 0.3) is 0 Å². The molecule has 1 aromatic rings. The highest BCUT2D eigenvalue weighted by Crippen LogP contribution is 2.56. The van der Waals surface area contributed by atoms with E-state index in [2.05, 4.69) is 43.5 Å². The fraction of sp³-hybridized carbons (Fsp3) is 0.692. The van der Waals surface area contributed by atoms with Crippen molar-refractivity contribution >= 4 is 5.69 Å².